The van der Waals surface area contributed by atoms with Crippen LogP contribution in [0.1, 0.15) is 53.0 Å². The van der Waals surface area contributed by atoms with E-state index < -0.39 is 30.4 Å². The van der Waals surface area contributed by atoms with Gasteiger partial charge >= 0.3 is 12.7 Å². The molecule has 0 spiro atoms. The van der Waals surface area contributed by atoms with Crippen molar-refractivity contribution in [2.45, 2.75) is 45.1 Å². The molecule has 1 aliphatic heterocycles. The van der Waals surface area contributed by atoms with Gasteiger partial charge in [-0.05, 0) is 44.0 Å². The van der Waals surface area contributed by atoms with Crippen molar-refractivity contribution >= 4 is 5.91 Å². The second-order valence-corrected chi connectivity index (χ2v) is 7.17. The number of carbonyl (C=O) groups excluding carboxylic acids is 1. The van der Waals surface area contributed by atoms with Crippen LogP contribution in [-0.4, -0.2) is 30.5 Å². The number of nitrogens with zero attached hydrogens (tertiary/aromatic N) is 5. The molecule has 1 atom stereocenters. The third-order valence-corrected chi connectivity index (χ3v) is 4.96. The molecule has 4 rings (SSSR count). The Kier molecular flexibility index (Phi) is 5.23. The van der Waals surface area contributed by atoms with Crippen molar-refractivity contribution in [3.05, 3.63) is 53.2 Å². The van der Waals surface area contributed by atoms with Crippen LogP contribution in [0.5, 0.6) is 0 Å². The summed E-state index contributed by atoms with van der Waals surface area (Å²) in [5.74, 6) is -0.717. The van der Waals surface area contributed by atoms with E-state index in [4.69, 9.17) is 0 Å². The summed E-state index contributed by atoms with van der Waals surface area (Å²) < 4.78 is 67.2. The van der Waals surface area contributed by atoms with Gasteiger partial charge < -0.3 is 5.32 Å². The largest absolute Gasteiger partial charge is 0.433 e. The molecule has 4 heterocycles. The van der Waals surface area contributed by atoms with Crippen molar-refractivity contribution in [3.63, 3.8) is 0 Å². The zero-order chi connectivity index (χ0) is 22.3. The monoisotopic (exact) mass is 440 g/mol. The fourth-order valence-corrected chi connectivity index (χ4v) is 3.58. The second kappa shape index (κ2) is 7.75. The number of aryl methyl sites for hydroxylation is 2. The van der Waals surface area contributed by atoms with Crippen molar-refractivity contribution in [1.29, 1.82) is 0 Å². The minimum Gasteiger partial charge on any atom is -0.342 e. The zero-order valence-electron chi connectivity index (χ0n) is 16.2. The Morgan fingerprint density at radius 3 is 2.71 bits per heavy atom. The predicted molar refractivity (Wildman–Crippen MR) is 98.1 cm³/mol. The summed E-state index contributed by atoms with van der Waals surface area (Å²) in [5.41, 5.74) is 0.0994. The summed E-state index contributed by atoms with van der Waals surface area (Å²) >= 11 is 0. The second-order valence-electron chi connectivity index (χ2n) is 7.17. The Labute approximate surface area is 172 Å². The van der Waals surface area contributed by atoms with Crippen molar-refractivity contribution in [2.75, 3.05) is 0 Å². The minimum atomic E-state index is -4.59. The van der Waals surface area contributed by atoms with E-state index >= 15 is 0 Å². The van der Waals surface area contributed by atoms with Crippen molar-refractivity contribution < 1.29 is 26.7 Å². The highest BCUT2D eigenvalue weighted by Crippen LogP contribution is 2.33. The average molecular weight is 440 g/mol. The lowest BCUT2D eigenvalue weighted by Gasteiger charge is -2.24. The van der Waals surface area contributed by atoms with E-state index in [9.17, 15) is 26.7 Å². The number of halogens is 5. The van der Waals surface area contributed by atoms with Crippen LogP contribution in [-0.2, 0) is 12.7 Å². The Morgan fingerprint density at radius 1 is 1.23 bits per heavy atom. The molecule has 0 aliphatic carbocycles. The highest BCUT2D eigenvalue weighted by Gasteiger charge is 2.33. The molecule has 1 aliphatic rings. The molecule has 0 saturated heterocycles. The molecule has 164 valence electrons. The SMILES string of the molecule is Cc1cc(C(=O)N[C@H]2CCCn3nc(-c4ccnc(C(F)(F)F)c4)cc32)n(C(F)F)n1. The number of alkyl halides is 5. The normalized spacial score (nSPS) is 16.4. The lowest BCUT2D eigenvalue weighted by atomic mass is 10.0. The number of nitrogens with one attached hydrogen (secondary N) is 1. The average Bonchev–Trinajstić information content (AvgIpc) is 3.32. The van der Waals surface area contributed by atoms with Crippen LogP contribution in [0.3, 0.4) is 0 Å². The van der Waals surface area contributed by atoms with Crippen LogP contribution in [0.4, 0.5) is 22.0 Å². The molecule has 0 saturated carbocycles. The fraction of sp³-hybridized carbons (Fsp3) is 0.368. The van der Waals surface area contributed by atoms with E-state index in [1.165, 1.54) is 19.1 Å². The number of fused-ring (bicyclic) bond motifs is 1. The van der Waals surface area contributed by atoms with E-state index in [1.807, 2.05) is 0 Å². The minimum absolute atomic E-state index is 0.237. The third-order valence-electron chi connectivity index (χ3n) is 4.96. The van der Waals surface area contributed by atoms with Crippen LogP contribution < -0.4 is 5.32 Å². The molecule has 12 heteroatoms. The topological polar surface area (TPSA) is 77.6 Å². The van der Waals surface area contributed by atoms with Gasteiger partial charge in [0.1, 0.15) is 11.4 Å². The lowest BCUT2D eigenvalue weighted by molar-refractivity contribution is -0.141. The predicted octanol–water partition coefficient (Wildman–Crippen LogP) is 4.13. The van der Waals surface area contributed by atoms with Gasteiger partial charge in [-0.15, -0.1) is 0 Å². The maximum atomic E-state index is 13.1. The Morgan fingerprint density at radius 2 is 2.00 bits per heavy atom. The molecule has 0 radical (unpaired) electrons. The van der Waals surface area contributed by atoms with E-state index in [1.54, 1.807) is 10.7 Å². The molecule has 31 heavy (non-hydrogen) atoms. The quantitative estimate of drug-likeness (QED) is 0.619. The van der Waals surface area contributed by atoms with Crippen LogP contribution >= 0.6 is 0 Å². The van der Waals surface area contributed by atoms with Crippen LogP contribution in [0.15, 0.2) is 30.5 Å². The molecule has 3 aromatic rings. The molecule has 0 bridgehead atoms. The fourth-order valence-electron chi connectivity index (χ4n) is 3.58. The van der Waals surface area contributed by atoms with Gasteiger partial charge in [0.15, 0.2) is 0 Å². The summed E-state index contributed by atoms with van der Waals surface area (Å²) in [6, 6.07) is 4.65. The molecule has 1 amide bonds. The highest BCUT2D eigenvalue weighted by molar-refractivity contribution is 5.93. The number of amides is 1. The smallest absolute Gasteiger partial charge is 0.342 e. The van der Waals surface area contributed by atoms with Gasteiger partial charge in [0.2, 0.25) is 0 Å². The summed E-state index contributed by atoms with van der Waals surface area (Å²) in [7, 11) is 0. The van der Waals surface area contributed by atoms with E-state index in [0.717, 1.165) is 12.3 Å². The Balaban J connectivity index is 1.61. The third kappa shape index (κ3) is 4.14. The number of aromatic nitrogens is 5. The van der Waals surface area contributed by atoms with Gasteiger partial charge in [-0.1, -0.05) is 0 Å². The summed E-state index contributed by atoms with van der Waals surface area (Å²) in [4.78, 5) is 16.0. The highest BCUT2D eigenvalue weighted by atomic mass is 19.4. The Hall–Kier alpha value is -3.31. The maximum absolute atomic E-state index is 13.1. The van der Waals surface area contributed by atoms with Crippen molar-refractivity contribution in [2.24, 2.45) is 0 Å². The van der Waals surface area contributed by atoms with Gasteiger partial charge in [-0.2, -0.15) is 36.8 Å². The van der Waals surface area contributed by atoms with Gasteiger partial charge in [-0.3, -0.25) is 14.5 Å². The summed E-state index contributed by atoms with van der Waals surface area (Å²) in [6.07, 6.45) is -2.35. The van der Waals surface area contributed by atoms with Crippen LogP contribution in [0.2, 0.25) is 0 Å². The lowest BCUT2D eigenvalue weighted by Crippen LogP contribution is -2.34. The van der Waals surface area contributed by atoms with E-state index in [-0.39, 0.29) is 17.0 Å². The standard InChI is InChI=1S/C19H17F5N6O/c1-10-7-15(30(27-10)18(20)21)17(31)26-12-3-2-6-29-14(12)9-13(28-29)11-4-5-25-16(8-11)19(22,23)24/h4-5,7-9,12,18H,2-3,6H2,1H3,(H,26,31)/t12-/m0/s1. The van der Waals surface area contributed by atoms with Crippen molar-refractivity contribution in [3.8, 4) is 11.3 Å². The van der Waals surface area contributed by atoms with E-state index in [2.05, 4.69) is 20.5 Å². The first kappa shape index (κ1) is 20.9. The molecule has 7 nitrogen and oxygen atoms in total. The zero-order valence-corrected chi connectivity index (χ0v) is 16.2. The van der Waals surface area contributed by atoms with E-state index in [0.29, 0.717) is 35.5 Å². The number of hydrogen-bond acceptors (Lipinski definition) is 4. The number of pyridine rings is 1. The number of rotatable bonds is 4. The molecular formula is C19H17F5N6O. The molecule has 0 unspecified atom stereocenters. The Bertz CT molecular complexity index is 1120. The van der Waals surface area contributed by atoms with Gasteiger partial charge in [-0.25, -0.2) is 0 Å². The molecule has 3 aromatic heterocycles. The molecule has 1 N–H and O–H groups in total. The summed E-state index contributed by atoms with van der Waals surface area (Å²) in [5, 5.41) is 10.7. The summed E-state index contributed by atoms with van der Waals surface area (Å²) in [6.45, 7) is -0.943. The van der Waals surface area contributed by atoms with Gasteiger partial charge in [0, 0.05) is 18.3 Å². The first-order chi connectivity index (χ1) is 14.6. The van der Waals surface area contributed by atoms with Gasteiger partial charge in [0.05, 0.1) is 23.1 Å². The van der Waals surface area contributed by atoms with Crippen LogP contribution in [0.25, 0.3) is 11.3 Å². The number of carbonyl (C=O) groups is 1. The molecule has 0 aromatic carbocycles. The first-order valence-electron chi connectivity index (χ1n) is 9.40. The maximum Gasteiger partial charge on any atom is 0.433 e. The van der Waals surface area contributed by atoms with Crippen LogP contribution in [0, 0.1) is 6.92 Å². The van der Waals surface area contributed by atoms with Crippen molar-refractivity contribution in [1.82, 2.24) is 29.9 Å². The number of hydrogen-bond donors (Lipinski definition) is 1. The molecular weight excluding hydrogens is 423 g/mol. The van der Waals surface area contributed by atoms with Gasteiger partial charge in [0.25, 0.3) is 5.91 Å². The molecule has 0 fully saturated rings. The first-order valence-corrected chi connectivity index (χ1v) is 9.40.